The maximum Gasteiger partial charge on any atom is 0.0921 e. The molecule has 2 aliphatic rings. The Kier molecular flexibility index (Phi) is 4.47. The largest absolute Gasteiger partial charge is 0.348 e. The lowest BCUT2D eigenvalue weighted by Gasteiger charge is -2.39. The first-order chi connectivity index (χ1) is 11.4. The molecule has 122 valence electrons. The number of fused-ring (bicyclic) bond motifs is 2. The second-order valence-corrected chi connectivity index (χ2v) is 7.33. The van der Waals surface area contributed by atoms with Crippen molar-refractivity contribution in [3.05, 3.63) is 54.1 Å². The third kappa shape index (κ3) is 3.50. The van der Waals surface area contributed by atoms with E-state index in [1.807, 2.05) is 6.20 Å². The van der Waals surface area contributed by atoms with Crippen LogP contribution in [-0.2, 0) is 12.8 Å². The van der Waals surface area contributed by atoms with Gasteiger partial charge in [-0.2, -0.15) is 0 Å². The molecular formula is C20H27N3. The van der Waals surface area contributed by atoms with Crippen molar-refractivity contribution in [3.63, 3.8) is 0 Å². The van der Waals surface area contributed by atoms with E-state index in [4.69, 9.17) is 0 Å². The van der Waals surface area contributed by atoms with E-state index >= 15 is 0 Å². The smallest absolute Gasteiger partial charge is 0.0921 e. The summed E-state index contributed by atoms with van der Waals surface area (Å²) >= 11 is 0. The van der Waals surface area contributed by atoms with E-state index in [1.165, 1.54) is 56.3 Å². The number of H-pyrrole nitrogens is 1. The third-order valence-corrected chi connectivity index (χ3v) is 5.77. The van der Waals surface area contributed by atoms with Crippen LogP contribution >= 0.6 is 0 Å². The van der Waals surface area contributed by atoms with Gasteiger partial charge in [-0.1, -0.05) is 30.3 Å². The molecule has 0 saturated carbocycles. The quantitative estimate of drug-likeness (QED) is 0.879. The lowest BCUT2D eigenvalue weighted by molar-refractivity contribution is 0.102. The number of rotatable bonds is 6. The molecule has 2 aliphatic heterocycles. The number of benzene rings is 1. The monoisotopic (exact) mass is 309 g/mol. The minimum atomic E-state index is 0.837. The first-order valence-corrected chi connectivity index (χ1v) is 9.15. The van der Waals surface area contributed by atoms with E-state index in [-0.39, 0.29) is 0 Å². The van der Waals surface area contributed by atoms with Crippen molar-refractivity contribution in [3.8, 4) is 0 Å². The van der Waals surface area contributed by atoms with E-state index in [0.717, 1.165) is 24.4 Å². The van der Waals surface area contributed by atoms with E-state index < -0.39 is 0 Å². The Morgan fingerprint density at radius 3 is 2.57 bits per heavy atom. The van der Waals surface area contributed by atoms with Crippen molar-refractivity contribution in [2.45, 2.75) is 57.0 Å². The normalized spacial score (nSPS) is 27.4. The first kappa shape index (κ1) is 14.9. The fourth-order valence-corrected chi connectivity index (χ4v) is 4.74. The molecule has 2 fully saturated rings. The maximum absolute atomic E-state index is 4.11. The summed E-state index contributed by atoms with van der Waals surface area (Å²) in [6.45, 7) is 1.26. The summed E-state index contributed by atoms with van der Waals surface area (Å²) < 4.78 is 0. The second kappa shape index (κ2) is 6.88. The van der Waals surface area contributed by atoms with Crippen molar-refractivity contribution in [1.29, 1.82) is 0 Å². The van der Waals surface area contributed by atoms with Crippen LogP contribution in [0.25, 0.3) is 0 Å². The fraction of sp³-hybridized carbons (Fsp3) is 0.550. The van der Waals surface area contributed by atoms with Crippen molar-refractivity contribution in [2.75, 3.05) is 6.54 Å². The Bertz CT molecular complexity index is 579. The van der Waals surface area contributed by atoms with Crippen LogP contribution in [-0.4, -0.2) is 33.5 Å². The summed E-state index contributed by atoms with van der Waals surface area (Å²) in [5, 5.41) is 0. The highest BCUT2D eigenvalue weighted by Gasteiger charge is 2.39. The SMILES string of the molecule is c1ccc(CC2CC3CCC(C2)N3CCCc2cnc[nH]2)cc1. The van der Waals surface area contributed by atoms with Gasteiger partial charge >= 0.3 is 0 Å². The number of hydrogen-bond donors (Lipinski definition) is 1. The highest BCUT2D eigenvalue weighted by atomic mass is 15.2. The summed E-state index contributed by atoms with van der Waals surface area (Å²) in [7, 11) is 0. The molecule has 2 saturated heterocycles. The molecule has 2 aromatic rings. The zero-order valence-corrected chi connectivity index (χ0v) is 13.8. The van der Waals surface area contributed by atoms with Crippen LogP contribution in [0.1, 0.15) is 43.4 Å². The minimum Gasteiger partial charge on any atom is -0.348 e. The molecule has 1 aromatic heterocycles. The van der Waals surface area contributed by atoms with Gasteiger partial charge in [-0.3, -0.25) is 4.90 Å². The Labute approximate surface area is 139 Å². The topological polar surface area (TPSA) is 31.9 Å². The van der Waals surface area contributed by atoms with E-state index in [9.17, 15) is 0 Å². The zero-order chi connectivity index (χ0) is 15.5. The molecule has 2 bridgehead atoms. The van der Waals surface area contributed by atoms with Crippen LogP contribution in [0, 0.1) is 5.92 Å². The van der Waals surface area contributed by atoms with Gasteiger partial charge < -0.3 is 4.98 Å². The molecule has 0 aliphatic carbocycles. The highest BCUT2D eigenvalue weighted by Crippen LogP contribution is 2.39. The molecule has 2 unspecified atom stereocenters. The van der Waals surface area contributed by atoms with Gasteiger partial charge in [0.1, 0.15) is 0 Å². The summed E-state index contributed by atoms with van der Waals surface area (Å²) in [5.41, 5.74) is 2.79. The highest BCUT2D eigenvalue weighted by molar-refractivity contribution is 5.16. The number of imidazole rings is 1. The van der Waals surface area contributed by atoms with Crippen molar-refractivity contribution in [2.24, 2.45) is 5.92 Å². The van der Waals surface area contributed by atoms with Crippen LogP contribution in [0.4, 0.5) is 0 Å². The average Bonchev–Trinajstić information content (AvgIpc) is 3.16. The van der Waals surface area contributed by atoms with Crippen LogP contribution in [0.5, 0.6) is 0 Å². The number of piperidine rings is 1. The van der Waals surface area contributed by atoms with Gasteiger partial charge in [-0.15, -0.1) is 0 Å². The molecular weight excluding hydrogens is 282 g/mol. The zero-order valence-electron chi connectivity index (χ0n) is 13.8. The minimum absolute atomic E-state index is 0.837. The molecule has 2 atom stereocenters. The molecule has 3 heteroatoms. The van der Waals surface area contributed by atoms with Gasteiger partial charge in [0.25, 0.3) is 0 Å². The number of nitrogens with one attached hydrogen (secondary N) is 1. The summed E-state index contributed by atoms with van der Waals surface area (Å²) in [6, 6.07) is 12.7. The Hall–Kier alpha value is -1.61. The molecule has 0 amide bonds. The standard InChI is InChI=1S/C20H27N3/c1-2-5-16(6-3-1)11-17-12-19-8-9-20(13-17)23(19)10-4-7-18-14-21-15-22-18/h1-3,5-6,14-15,17,19-20H,4,7-13H2,(H,21,22). The molecule has 3 nitrogen and oxygen atoms in total. The fourth-order valence-electron chi connectivity index (χ4n) is 4.74. The van der Waals surface area contributed by atoms with Crippen molar-refractivity contribution >= 4 is 0 Å². The molecule has 1 N–H and O–H groups in total. The van der Waals surface area contributed by atoms with E-state index in [0.29, 0.717) is 0 Å². The van der Waals surface area contributed by atoms with Crippen LogP contribution in [0.15, 0.2) is 42.9 Å². The van der Waals surface area contributed by atoms with Crippen LogP contribution < -0.4 is 0 Å². The molecule has 1 aromatic carbocycles. The van der Waals surface area contributed by atoms with Gasteiger partial charge in [-0.05, 0) is 63.0 Å². The Balaban J connectivity index is 1.29. The average molecular weight is 309 g/mol. The van der Waals surface area contributed by atoms with Gasteiger partial charge in [0.2, 0.25) is 0 Å². The Morgan fingerprint density at radius 2 is 1.87 bits per heavy atom. The van der Waals surface area contributed by atoms with Gasteiger partial charge in [0.15, 0.2) is 0 Å². The molecule has 4 rings (SSSR count). The van der Waals surface area contributed by atoms with Crippen molar-refractivity contribution < 1.29 is 0 Å². The maximum atomic E-state index is 4.11. The summed E-state index contributed by atoms with van der Waals surface area (Å²) in [5.74, 6) is 0.888. The number of nitrogens with zero attached hydrogens (tertiary/aromatic N) is 2. The predicted molar refractivity (Wildman–Crippen MR) is 93.3 cm³/mol. The van der Waals surface area contributed by atoms with Gasteiger partial charge in [0.05, 0.1) is 6.33 Å². The second-order valence-electron chi connectivity index (χ2n) is 7.33. The van der Waals surface area contributed by atoms with Crippen LogP contribution in [0.3, 0.4) is 0 Å². The lowest BCUT2D eigenvalue weighted by atomic mass is 9.85. The summed E-state index contributed by atoms with van der Waals surface area (Å²) in [4.78, 5) is 10.1. The molecule has 0 spiro atoms. The molecule has 23 heavy (non-hydrogen) atoms. The van der Waals surface area contributed by atoms with Crippen LogP contribution in [0.2, 0.25) is 0 Å². The van der Waals surface area contributed by atoms with E-state index in [1.54, 1.807) is 6.33 Å². The van der Waals surface area contributed by atoms with E-state index in [2.05, 4.69) is 45.2 Å². The summed E-state index contributed by atoms with van der Waals surface area (Å²) in [6.07, 6.45) is 13.0. The number of aromatic amines is 1. The van der Waals surface area contributed by atoms with Crippen molar-refractivity contribution in [1.82, 2.24) is 14.9 Å². The third-order valence-electron chi connectivity index (χ3n) is 5.77. The molecule has 3 heterocycles. The molecule has 0 radical (unpaired) electrons. The number of aromatic nitrogens is 2. The first-order valence-electron chi connectivity index (χ1n) is 9.15. The van der Waals surface area contributed by atoms with Gasteiger partial charge in [0, 0.05) is 24.0 Å². The predicted octanol–water partition coefficient (Wildman–Crippen LogP) is 3.83. The lowest BCUT2D eigenvalue weighted by Crippen LogP contribution is -2.43. The number of aryl methyl sites for hydroxylation is 1. The number of hydrogen-bond acceptors (Lipinski definition) is 2. The Morgan fingerprint density at radius 1 is 1.09 bits per heavy atom. The van der Waals surface area contributed by atoms with Gasteiger partial charge in [-0.25, -0.2) is 4.98 Å².